The monoisotopic (exact) mass is 512 g/mol. The van der Waals surface area contributed by atoms with Crippen molar-refractivity contribution in [2.45, 2.75) is 141 Å². The molecular formula is C28H52N2O6. The Morgan fingerprint density at radius 1 is 0.361 bits per heavy atom. The van der Waals surface area contributed by atoms with E-state index < -0.39 is 11.9 Å². The van der Waals surface area contributed by atoms with E-state index in [0.717, 1.165) is 89.9 Å². The molecule has 0 heterocycles. The van der Waals surface area contributed by atoms with Gasteiger partial charge < -0.3 is 20.8 Å². The van der Waals surface area contributed by atoms with Crippen LogP contribution in [0.15, 0.2) is 0 Å². The van der Waals surface area contributed by atoms with Crippen LogP contribution in [-0.4, -0.2) is 47.1 Å². The van der Waals surface area contributed by atoms with Crippen LogP contribution in [0, 0.1) is 0 Å². The normalized spacial score (nSPS) is 10.8. The van der Waals surface area contributed by atoms with Crippen molar-refractivity contribution < 1.29 is 29.4 Å². The highest BCUT2D eigenvalue weighted by molar-refractivity contribution is 5.83. The van der Waals surface area contributed by atoms with E-state index in [-0.39, 0.29) is 37.5 Å². The van der Waals surface area contributed by atoms with Crippen LogP contribution in [-0.2, 0) is 19.2 Å². The number of unbranched alkanes of at least 4 members (excludes halogenated alkanes) is 16. The van der Waals surface area contributed by atoms with Crippen LogP contribution in [0.4, 0.5) is 0 Å². The standard InChI is InChI=1S/C28H52N2O6/c31-25(29-23-17-13-9-5-1-3-7-11-15-19-27(33)34)21-22-26(32)30-24-18-14-10-6-2-4-8-12-16-20-28(35)36/h1-24H2,(H,29,31)(H,30,32)(H,33,34)(H,35,36). The summed E-state index contributed by atoms with van der Waals surface area (Å²) in [5.74, 6) is -1.54. The molecule has 0 saturated heterocycles. The van der Waals surface area contributed by atoms with Gasteiger partial charge in [0.05, 0.1) is 0 Å². The minimum Gasteiger partial charge on any atom is -0.481 e. The number of hydrogen-bond acceptors (Lipinski definition) is 4. The third kappa shape index (κ3) is 28.1. The Balaban J connectivity index is 3.32. The summed E-state index contributed by atoms with van der Waals surface area (Å²) in [6.45, 7) is 1.33. The molecular weight excluding hydrogens is 460 g/mol. The highest BCUT2D eigenvalue weighted by Crippen LogP contribution is 2.11. The number of rotatable bonds is 27. The molecule has 36 heavy (non-hydrogen) atoms. The quantitative estimate of drug-likeness (QED) is 0.100. The second kappa shape index (κ2) is 26.0. The van der Waals surface area contributed by atoms with E-state index in [2.05, 4.69) is 10.6 Å². The van der Waals surface area contributed by atoms with Crippen molar-refractivity contribution in [1.82, 2.24) is 10.6 Å². The fourth-order valence-electron chi connectivity index (χ4n) is 4.14. The van der Waals surface area contributed by atoms with Gasteiger partial charge in [0.2, 0.25) is 11.8 Å². The Hall–Kier alpha value is -2.12. The third-order valence-corrected chi connectivity index (χ3v) is 6.36. The van der Waals surface area contributed by atoms with Gasteiger partial charge in [-0.2, -0.15) is 0 Å². The molecule has 0 saturated carbocycles. The van der Waals surface area contributed by atoms with Crippen molar-refractivity contribution in [3.05, 3.63) is 0 Å². The summed E-state index contributed by atoms with van der Waals surface area (Å²) in [5, 5.41) is 23.0. The summed E-state index contributed by atoms with van der Waals surface area (Å²) in [4.78, 5) is 44.6. The largest absolute Gasteiger partial charge is 0.481 e. The van der Waals surface area contributed by atoms with Gasteiger partial charge in [0.1, 0.15) is 0 Å². The van der Waals surface area contributed by atoms with Gasteiger partial charge >= 0.3 is 11.9 Å². The molecule has 0 rings (SSSR count). The first-order valence-electron chi connectivity index (χ1n) is 14.4. The Bertz CT molecular complexity index is 532. The summed E-state index contributed by atoms with van der Waals surface area (Å²) in [6, 6.07) is 0. The Morgan fingerprint density at radius 2 is 0.611 bits per heavy atom. The fourth-order valence-corrected chi connectivity index (χ4v) is 4.14. The van der Waals surface area contributed by atoms with Crippen molar-refractivity contribution in [3.8, 4) is 0 Å². The zero-order chi connectivity index (χ0) is 26.7. The minimum absolute atomic E-state index is 0.0607. The highest BCUT2D eigenvalue weighted by Gasteiger charge is 2.06. The molecule has 0 unspecified atom stereocenters. The summed E-state index contributed by atoms with van der Waals surface area (Å²) >= 11 is 0. The summed E-state index contributed by atoms with van der Waals surface area (Å²) in [6.07, 6.45) is 20.3. The molecule has 4 N–H and O–H groups in total. The number of amides is 2. The zero-order valence-electron chi connectivity index (χ0n) is 22.5. The lowest BCUT2D eigenvalue weighted by molar-refractivity contribution is -0.138. The number of hydrogen-bond donors (Lipinski definition) is 4. The first-order valence-corrected chi connectivity index (χ1v) is 14.4. The maximum Gasteiger partial charge on any atom is 0.303 e. The lowest BCUT2D eigenvalue weighted by atomic mass is 10.1. The van der Waals surface area contributed by atoms with Crippen molar-refractivity contribution in [3.63, 3.8) is 0 Å². The third-order valence-electron chi connectivity index (χ3n) is 6.36. The second-order valence-electron chi connectivity index (χ2n) is 9.85. The van der Waals surface area contributed by atoms with Crippen LogP contribution in [0.2, 0.25) is 0 Å². The van der Waals surface area contributed by atoms with E-state index in [4.69, 9.17) is 10.2 Å². The van der Waals surface area contributed by atoms with E-state index in [9.17, 15) is 19.2 Å². The first-order chi connectivity index (χ1) is 17.4. The number of nitrogens with one attached hydrogen (secondary N) is 2. The molecule has 2 amide bonds. The number of carbonyl (C=O) groups is 4. The molecule has 8 heteroatoms. The molecule has 0 atom stereocenters. The van der Waals surface area contributed by atoms with Gasteiger partial charge in [-0.05, 0) is 25.7 Å². The van der Waals surface area contributed by atoms with E-state index in [1.165, 1.54) is 25.7 Å². The van der Waals surface area contributed by atoms with E-state index in [0.29, 0.717) is 13.1 Å². The van der Waals surface area contributed by atoms with Gasteiger partial charge in [-0.15, -0.1) is 0 Å². The lowest BCUT2D eigenvalue weighted by Crippen LogP contribution is -2.28. The molecule has 0 radical (unpaired) electrons. The average Bonchev–Trinajstić information content (AvgIpc) is 2.83. The van der Waals surface area contributed by atoms with Crippen LogP contribution in [0.3, 0.4) is 0 Å². The van der Waals surface area contributed by atoms with Gasteiger partial charge in [-0.1, -0.05) is 89.9 Å². The molecule has 210 valence electrons. The molecule has 0 fully saturated rings. The van der Waals surface area contributed by atoms with Gasteiger partial charge in [-0.3, -0.25) is 19.2 Å². The Morgan fingerprint density at radius 3 is 0.889 bits per heavy atom. The smallest absolute Gasteiger partial charge is 0.303 e. The molecule has 0 spiro atoms. The maximum atomic E-state index is 11.9. The summed E-state index contributed by atoms with van der Waals surface area (Å²) < 4.78 is 0. The highest BCUT2D eigenvalue weighted by atomic mass is 16.4. The van der Waals surface area contributed by atoms with E-state index in [1.807, 2.05) is 0 Å². The number of carboxylic acid groups (broad SMARTS) is 2. The predicted molar refractivity (Wildman–Crippen MR) is 143 cm³/mol. The average molecular weight is 513 g/mol. The van der Waals surface area contributed by atoms with Crippen molar-refractivity contribution in [2.24, 2.45) is 0 Å². The Kier molecular flexibility index (Phi) is 24.4. The van der Waals surface area contributed by atoms with Gasteiger partial charge in [0.15, 0.2) is 0 Å². The van der Waals surface area contributed by atoms with Gasteiger partial charge in [0, 0.05) is 38.8 Å². The molecule has 0 aromatic rings. The van der Waals surface area contributed by atoms with Crippen molar-refractivity contribution in [2.75, 3.05) is 13.1 Å². The van der Waals surface area contributed by atoms with Crippen LogP contribution in [0.1, 0.15) is 141 Å². The Labute approximate surface area is 218 Å². The summed E-state index contributed by atoms with van der Waals surface area (Å²) in [5.41, 5.74) is 0. The molecule has 0 aliphatic rings. The SMILES string of the molecule is O=C(O)CCCCCCCCCCCNC(=O)CCC(=O)NCCCCCCCCCCCC(=O)O. The van der Waals surface area contributed by atoms with Crippen molar-refractivity contribution in [1.29, 1.82) is 0 Å². The van der Waals surface area contributed by atoms with Crippen LogP contribution >= 0.6 is 0 Å². The predicted octanol–water partition coefficient (Wildman–Crippen LogP) is 5.97. The topological polar surface area (TPSA) is 133 Å². The maximum absolute atomic E-state index is 11.9. The lowest BCUT2D eigenvalue weighted by Gasteiger charge is -2.07. The van der Waals surface area contributed by atoms with Crippen LogP contribution < -0.4 is 10.6 Å². The van der Waals surface area contributed by atoms with Crippen LogP contribution in [0.25, 0.3) is 0 Å². The second-order valence-corrected chi connectivity index (χ2v) is 9.85. The van der Waals surface area contributed by atoms with E-state index in [1.54, 1.807) is 0 Å². The van der Waals surface area contributed by atoms with Gasteiger partial charge in [-0.25, -0.2) is 0 Å². The van der Waals surface area contributed by atoms with Crippen molar-refractivity contribution >= 4 is 23.8 Å². The number of carboxylic acids is 2. The van der Waals surface area contributed by atoms with Crippen LogP contribution in [0.5, 0.6) is 0 Å². The molecule has 0 bridgehead atoms. The molecule has 0 aliphatic heterocycles. The molecule has 8 nitrogen and oxygen atoms in total. The summed E-state index contributed by atoms with van der Waals surface area (Å²) in [7, 11) is 0. The number of aliphatic carboxylic acids is 2. The molecule has 0 aliphatic carbocycles. The zero-order valence-corrected chi connectivity index (χ0v) is 22.5. The number of carbonyl (C=O) groups excluding carboxylic acids is 2. The fraction of sp³-hybridized carbons (Fsp3) is 0.857. The molecule has 0 aromatic heterocycles. The minimum atomic E-state index is -0.709. The van der Waals surface area contributed by atoms with E-state index >= 15 is 0 Å². The molecule has 0 aromatic carbocycles. The first kappa shape index (κ1) is 33.9. The van der Waals surface area contributed by atoms with Gasteiger partial charge in [0.25, 0.3) is 0 Å².